The topological polar surface area (TPSA) is 77.0 Å². The fourth-order valence-electron chi connectivity index (χ4n) is 2.23. The van der Waals surface area contributed by atoms with Crippen molar-refractivity contribution in [3.8, 4) is 0 Å². The van der Waals surface area contributed by atoms with Crippen molar-refractivity contribution in [1.82, 2.24) is 19.7 Å². The first-order valence-electron chi connectivity index (χ1n) is 5.99. The lowest BCUT2D eigenvalue weighted by Crippen LogP contribution is -2.54. The van der Waals surface area contributed by atoms with Crippen molar-refractivity contribution in [2.75, 3.05) is 6.54 Å². The maximum atomic E-state index is 12.3. The molecule has 1 amide bonds. The Balaban J connectivity index is 2.08. The summed E-state index contributed by atoms with van der Waals surface area (Å²) in [5, 5.41) is 7.84. The largest absolute Gasteiger partial charge is 0.332 e. The molecule has 2 heterocycles. The molecule has 6 heteroatoms. The van der Waals surface area contributed by atoms with E-state index in [-0.39, 0.29) is 5.91 Å². The highest BCUT2D eigenvalue weighted by molar-refractivity contribution is 5.85. The molecule has 1 atom stereocenters. The van der Waals surface area contributed by atoms with Crippen LogP contribution in [0.1, 0.15) is 32.5 Å². The zero-order valence-electron chi connectivity index (χ0n) is 10.4. The zero-order chi connectivity index (χ0) is 12.5. The average Bonchev–Trinajstić information content (AvgIpc) is 2.74. The minimum absolute atomic E-state index is 0.00796. The van der Waals surface area contributed by atoms with E-state index in [1.165, 1.54) is 0 Å². The molecular weight excluding hydrogens is 218 g/mol. The first kappa shape index (κ1) is 12.0. The molecule has 1 aromatic heterocycles. The van der Waals surface area contributed by atoms with Crippen molar-refractivity contribution in [3.05, 3.63) is 12.2 Å². The monoisotopic (exact) mass is 237 g/mol. The number of hydrogen-bond donors (Lipinski definition) is 1. The van der Waals surface area contributed by atoms with E-state index in [0.717, 1.165) is 18.8 Å². The third kappa shape index (κ3) is 2.31. The number of amides is 1. The van der Waals surface area contributed by atoms with Crippen LogP contribution in [0.2, 0.25) is 0 Å². The summed E-state index contributed by atoms with van der Waals surface area (Å²) in [4.78, 5) is 14.1. The zero-order valence-corrected chi connectivity index (χ0v) is 10.4. The van der Waals surface area contributed by atoms with Gasteiger partial charge in [0.2, 0.25) is 5.91 Å². The van der Waals surface area contributed by atoms with Crippen LogP contribution in [0, 0.1) is 0 Å². The second kappa shape index (κ2) is 4.44. The van der Waals surface area contributed by atoms with E-state index in [1.807, 2.05) is 11.5 Å². The van der Waals surface area contributed by atoms with E-state index in [1.54, 1.807) is 18.2 Å². The summed E-state index contributed by atoms with van der Waals surface area (Å²) < 4.78 is 1.97. The Morgan fingerprint density at radius 3 is 3.06 bits per heavy atom. The highest BCUT2D eigenvalue weighted by Crippen LogP contribution is 2.17. The maximum Gasteiger partial charge on any atom is 0.242 e. The number of aromatic nitrogens is 3. The lowest BCUT2D eigenvalue weighted by Gasteiger charge is -2.33. The number of carbonyl (C=O) groups excluding carboxylic acids is 1. The molecule has 0 spiro atoms. The second-order valence-electron chi connectivity index (χ2n) is 4.83. The Morgan fingerprint density at radius 1 is 1.59 bits per heavy atom. The second-order valence-corrected chi connectivity index (χ2v) is 4.83. The molecular formula is C11H19N5O. The van der Waals surface area contributed by atoms with Crippen LogP contribution in [-0.4, -0.2) is 37.7 Å². The molecule has 0 aliphatic carbocycles. The highest BCUT2D eigenvalue weighted by Gasteiger charge is 2.33. The van der Waals surface area contributed by atoms with Crippen molar-refractivity contribution in [2.24, 2.45) is 5.73 Å². The van der Waals surface area contributed by atoms with Crippen LogP contribution in [0.3, 0.4) is 0 Å². The van der Waals surface area contributed by atoms with E-state index in [4.69, 9.17) is 5.73 Å². The standard InChI is InChI=1S/C11H19N5O/c1-3-4-11(2,12)10(17)15-5-6-16-8-13-14-9(16)7-15/h8H,3-7,12H2,1-2H3. The first-order valence-corrected chi connectivity index (χ1v) is 5.99. The van der Waals surface area contributed by atoms with Gasteiger partial charge in [0, 0.05) is 13.1 Å². The summed E-state index contributed by atoms with van der Waals surface area (Å²) in [6, 6.07) is 0. The van der Waals surface area contributed by atoms with Crippen LogP contribution in [0.15, 0.2) is 6.33 Å². The lowest BCUT2D eigenvalue weighted by molar-refractivity contribution is -0.138. The van der Waals surface area contributed by atoms with Gasteiger partial charge in [-0.25, -0.2) is 0 Å². The number of hydrogen-bond acceptors (Lipinski definition) is 4. The van der Waals surface area contributed by atoms with E-state index in [9.17, 15) is 4.79 Å². The third-order valence-corrected chi connectivity index (χ3v) is 3.18. The smallest absolute Gasteiger partial charge is 0.242 e. The molecule has 0 radical (unpaired) electrons. The summed E-state index contributed by atoms with van der Waals surface area (Å²) in [7, 11) is 0. The van der Waals surface area contributed by atoms with Gasteiger partial charge in [-0.3, -0.25) is 4.79 Å². The number of carbonyl (C=O) groups is 1. The van der Waals surface area contributed by atoms with Gasteiger partial charge in [-0.05, 0) is 13.3 Å². The van der Waals surface area contributed by atoms with E-state index in [2.05, 4.69) is 10.2 Å². The SMILES string of the molecule is CCCC(C)(N)C(=O)N1CCn2cnnc2C1. The van der Waals surface area contributed by atoms with Gasteiger partial charge in [0.05, 0.1) is 12.1 Å². The Labute approximate surface area is 101 Å². The van der Waals surface area contributed by atoms with Gasteiger partial charge in [-0.1, -0.05) is 13.3 Å². The highest BCUT2D eigenvalue weighted by atomic mass is 16.2. The predicted octanol–water partition coefficient (Wildman–Crippen LogP) is 0.138. The Kier molecular flexibility index (Phi) is 3.15. The molecule has 0 bridgehead atoms. The molecule has 6 nitrogen and oxygen atoms in total. The Hall–Kier alpha value is -1.43. The summed E-state index contributed by atoms with van der Waals surface area (Å²) in [6.07, 6.45) is 3.31. The molecule has 2 rings (SSSR count). The minimum Gasteiger partial charge on any atom is -0.332 e. The van der Waals surface area contributed by atoms with Crippen LogP contribution >= 0.6 is 0 Å². The molecule has 1 unspecified atom stereocenters. The van der Waals surface area contributed by atoms with Gasteiger partial charge >= 0.3 is 0 Å². The molecule has 0 aromatic carbocycles. The summed E-state index contributed by atoms with van der Waals surface area (Å²) in [5.74, 6) is 0.838. The fraction of sp³-hybridized carbons (Fsp3) is 0.727. The average molecular weight is 237 g/mol. The van der Waals surface area contributed by atoms with Gasteiger partial charge in [0.1, 0.15) is 6.33 Å². The number of fused-ring (bicyclic) bond motifs is 1. The normalized spacial score (nSPS) is 18.6. The van der Waals surface area contributed by atoms with Gasteiger partial charge in [-0.2, -0.15) is 0 Å². The molecule has 0 saturated heterocycles. The predicted molar refractivity (Wildman–Crippen MR) is 62.9 cm³/mol. The first-order chi connectivity index (χ1) is 8.04. The Morgan fingerprint density at radius 2 is 2.35 bits per heavy atom. The number of nitrogens with zero attached hydrogens (tertiary/aromatic N) is 4. The molecule has 1 aliphatic heterocycles. The molecule has 1 aromatic rings. The quantitative estimate of drug-likeness (QED) is 0.811. The Bertz CT molecular complexity index is 412. The van der Waals surface area contributed by atoms with Gasteiger partial charge in [-0.15, -0.1) is 10.2 Å². The van der Waals surface area contributed by atoms with Crippen molar-refractivity contribution in [3.63, 3.8) is 0 Å². The molecule has 0 fully saturated rings. The van der Waals surface area contributed by atoms with Crippen molar-refractivity contribution < 1.29 is 4.79 Å². The van der Waals surface area contributed by atoms with Crippen LogP contribution in [0.25, 0.3) is 0 Å². The summed E-state index contributed by atoms with van der Waals surface area (Å²) >= 11 is 0. The minimum atomic E-state index is -0.767. The molecule has 17 heavy (non-hydrogen) atoms. The molecule has 2 N–H and O–H groups in total. The van der Waals surface area contributed by atoms with Crippen molar-refractivity contribution in [1.29, 1.82) is 0 Å². The van der Waals surface area contributed by atoms with E-state index in [0.29, 0.717) is 19.5 Å². The van der Waals surface area contributed by atoms with Crippen molar-refractivity contribution >= 4 is 5.91 Å². The van der Waals surface area contributed by atoms with Crippen LogP contribution < -0.4 is 5.73 Å². The molecule has 1 aliphatic rings. The van der Waals surface area contributed by atoms with E-state index >= 15 is 0 Å². The maximum absolute atomic E-state index is 12.3. The summed E-state index contributed by atoms with van der Waals surface area (Å²) in [6.45, 7) is 5.77. The van der Waals surface area contributed by atoms with Crippen molar-refractivity contribution in [2.45, 2.75) is 45.3 Å². The molecule has 94 valence electrons. The fourth-order valence-corrected chi connectivity index (χ4v) is 2.23. The number of rotatable bonds is 3. The van der Waals surface area contributed by atoms with Gasteiger partial charge in [0.25, 0.3) is 0 Å². The van der Waals surface area contributed by atoms with Gasteiger partial charge in [0.15, 0.2) is 5.82 Å². The van der Waals surface area contributed by atoms with Gasteiger partial charge < -0.3 is 15.2 Å². The third-order valence-electron chi connectivity index (χ3n) is 3.18. The van der Waals surface area contributed by atoms with Crippen LogP contribution in [-0.2, 0) is 17.9 Å². The molecule has 0 saturated carbocycles. The van der Waals surface area contributed by atoms with Crippen LogP contribution in [0.4, 0.5) is 0 Å². The van der Waals surface area contributed by atoms with E-state index < -0.39 is 5.54 Å². The lowest BCUT2D eigenvalue weighted by atomic mass is 9.95. The van der Waals surface area contributed by atoms with Crippen LogP contribution in [0.5, 0.6) is 0 Å². The summed E-state index contributed by atoms with van der Waals surface area (Å²) in [5.41, 5.74) is 5.30. The number of nitrogens with two attached hydrogens (primary N) is 1.